The van der Waals surface area contributed by atoms with Crippen molar-refractivity contribution in [3.8, 4) is 0 Å². The summed E-state index contributed by atoms with van der Waals surface area (Å²) in [5.74, 6) is 2.37. The third-order valence-corrected chi connectivity index (χ3v) is 3.50. The Bertz CT molecular complexity index is 380. The Morgan fingerprint density at radius 3 is 2.75 bits per heavy atom. The first-order valence-corrected chi connectivity index (χ1v) is 6.27. The van der Waals surface area contributed by atoms with Gasteiger partial charge in [0.25, 0.3) is 5.69 Å². The number of hydrogen-bond donors (Lipinski definition) is 1. The summed E-state index contributed by atoms with van der Waals surface area (Å²) in [4.78, 5) is 10.2. The molecule has 88 valence electrons. The minimum atomic E-state index is -0.439. The number of benzene rings is 1. The molecule has 4 nitrogen and oxygen atoms in total. The van der Waals surface area contributed by atoms with Gasteiger partial charge in [-0.25, -0.2) is 0 Å². The van der Waals surface area contributed by atoms with Gasteiger partial charge in [-0.2, -0.15) is 11.8 Å². The molecule has 0 aliphatic rings. The predicted molar refractivity (Wildman–Crippen MR) is 68.5 cm³/mol. The van der Waals surface area contributed by atoms with Gasteiger partial charge in [-0.1, -0.05) is 26.0 Å². The van der Waals surface area contributed by atoms with E-state index >= 15 is 0 Å². The summed E-state index contributed by atoms with van der Waals surface area (Å²) in [5, 5.41) is 10.7. The Hall–Kier alpha value is -1.23. The van der Waals surface area contributed by atoms with Crippen LogP contribution in [0, 0.1) is 16.0 Å². The van der Waals surface area contributed by atoms with Gasteiger partial charge in [0.15, 0.2) is 0 Å². The maximum absolute atomic E-state index is 10.7. The molecule has 1 aromatic rings. The van der Waals surface area contributed by atoms with Crippen LogP contribution in [0.3, 0.4) is 0 Å². The SMILES string of the molecule is CC(C)CSCc1cccc([N+](=O)[O-])c1N. The van der Waals surface area contributed by atoms with Gasteiger partial charge in [0.05, 0.1) is 4.92 Å². The van der Waals surface area contributed by atoms with Crippen LogP contribution in [0.1, 0.15) is 19.4 Å². The second kappa shape index (κ2) is 5.75. The molecular formula is C11H16N2O2S. The first-order chi connectivity index (χ1) is 7.52. The topological polar surface area (TPSA) is 69.2 Å². The maximum Gasteiger partial charge on any atom is 0.292 e. The van der Waals surface area contributed by atoms with Crippen molar-refractivity contribution in [1.29, 1.82) is 0 Å². The van der Waals surface area contributed by atoms with Crippen molar-refractivity contribution in [2.75, 3.05) is 11.5 Å². The van der Waals surface area contributed by atoms with Crippen molar-refractivity contribution in [1.82, 2.24) is 0 Å². The number of nitrogens with two attached hydrogens (primary N) is 1. The fourth-order valence-electron chi connectivity index (χ4n) is 1.29. The summed E-state index contributed by atoms with van der Waals surface area (Å²) in [6.07, 6.45) is 0. The molecule has 0 heterocycles. The zero-order chi connectivity index (χ0) is 12.1. The molecule has 0 radical (unpaired) electrons. The van der Waals surface area contributed by atoms with E-state index in [4.69, 9.17) is 5.73 Å². The summed E-state index contributed by atoms with van der Waals surface area (Å²) in [6.45, 7) is 4.29. The quantitative estimate of drug-likeness (QED) is 0.488. The lowest BCUT2D eigenvalue weighted by Gasteiger charge is -2.07. The van der Waals surface area contributed by atoms with Gasteiger partial charge in [0.2, 0.25) is 0 Å². The number of nitro groups is 1. The normalized spacial score (nSPS) is 10.7. The van der Waals surface area contributed by atoms with E-state index in [-0.39, 0.29) is 5.69 Å². The van der Waals surface area contributed by atoms with Crippen LogP contribution in [-0.4, -0.2) is 10.7 Å². The molecule has 0 saturated carbocycles. The van der Waals surface area contributed by atoms with E-state index in [2.05, 4.69) is 13.8 Å². The Labute approximate surface area is 99.4 Å². The second-order valence-electron chi connectivity index (χ2n) is 4.02. The molecule has 0 aliphatic heterocycles. The monoisotopic (exact) mass is 240 g/mol. The Morgan fingerprint density at radius 1 is 1.50 bits per heavy atom. The van der Waals surface area contributed by atoms with Crippen LogP contribution in [0.2, 0.25) is 0 Å². The number of thioether (sulfide) groups is 1. The van der Waals surface area contributed by atoms with Crippen LogP contribution in [-0.2, 0) is 5.75 Å². The zero-order valence-corrected chi connectivity index (χ0v) is 10.3. The summed E-state index contributed by atoms with van der Waals surface area (Å²) in [6, 6.07) is 4.96. The Morgan fingerprint density at radius 2 is 2.19 bits per heavy atom. The summed E-state index contributed by atoms with van der Waals surface area (Å²) >= 11 is 1.75. The zero-order valence-electron chi connectivity index (χ0n) is 9.47. The van der Waals surface area contributed by atoms with Crippen LogP contribution in [0.25, 0.3) is 0 Å². The van der Waals surface area contributed by atoms with Crippen molar-refractivity contribution in [3.05, 3.63) is 33.9 Å². The molecule has 0 unspecified atom stereocenters. The van der Waals surface area contributed by atoms with Crippen molar-refractivity contribution in [2.24, 2.45) is 5.92 Å². The first kappa shape index (κ1) is 12.8. The lowest BCUT2D eigenvalue weighted by atomic mass is 10.2. The number of nitrogen functional groups attached to an aromatic ring is 1. The standard InChI is InChI=1S/C11H16N2O2S/c1-8(2)6-16-7-9-4-3-5-10(11(9)12)13(14)15/h3-5,8H,6-7,12H2,1-2H3. The van der Waals surface area contributed by atoms with Crippen molar-refractivity contribution in [3.63, 3.8) is 0 Å². The average Bonchev–Trinajstić information content (AvgIpc) is 2.19. The van der Waals surface area contributed by atoms with E-state index in [0.717, 1.165) is 17.1 Å². The van der Waals surface area contributed by atoms with E-state index in [0.29, 0.717) is 11.6 Å². The number of nitrogens with zero attached hydrogens (tertiary/aromatic N) is 1. The van der Waals surface area contributed by atoms with Gasteiger partial charge in [0, 0.05) is 11.8 Å². The molecule has 0 bridgehead atoms. The van der Waals surface area contributed by atoms with E-state index in [1.807, 2.05) is 6.07 Å². The third-order valence-electron chi connectivity index (χ3n) is 2.08. The third kappa shape index (κ3) is 3.41. The van der Waals surface area contributed by atoms with Gasteiger partial charge in [-0.15, -0.1) is 0 Å². The van der Waals surface area contributed by atoms with Crippen LogP contribution in [0.4, 0.5) is 11.4 Å². The molecule has 0 fully saturated rings. The summed E-state index contributed by atoms with van der Waals surface area (Å²) in [7, 11) is 0. The molecule has 0 amide bonds. The Balaban J connectivity index is 2.73. The van der Waals surface area contributed by atoms with E-state index < -0.39 is 4.92 Å². The molecular weight excluding hydrogens is 224 g/mol. The number of anilines is 1. The maximum atomic E-state index is 10.7. The minimum absolute atomic E-state index is 0.00245. The highest BCUT2D eigenvalue weighted by Gasteiger charge is 2.13. The highest BCUT2D eigenvalue weighted by molar-refractivity contribution is 7.98. The van der Waals surface area contributed by atoms with Gasteiger partial charge < -0.3 is 5.73 Å². The first-order valence-electron chi connectivity index (χ1n) is 5.12. The lowest BCUT2D eigenvalue weighted by molar-refractivity contribution is -0.383. The van der Waals surface area contributed by atoms with Crippen molar-refractivity contribution >= 4 is 23.1 Å². The molecule has 2 N–H and O–H groups in total. The van der Waals surface area contributed by atoms with Gasteiger partial charge in [-0.05, 0) is 17.2 Å². The van der Waals surface area contributed by atoms with E-state index in [1.54, 1.807) is 17.8 Å². The number of para-hydroxylation sites is 1. The van der Waals surface area contributed by atoms with E-state index in [1.165, 1.54) is 6.07 Å². The van der Waals surface area contributed by atoms with Crippen LogP contribution < -0.4 is 5.73 Å². The molecule has 0 saturated heterocycles. The van der Waals surface area contributed by atoms with E-state index in [9.17, 15) is 10.1 Å². The smallest absolute Gasteiger partial charge is 0.292 e. The van der Waals surface area contributed by atoms with Gasteiger partial charge in [-0.3, -0.25) is 10.1 Å². The number of hydrogen-bond acceptors (Lipinski definition) is 4. The van der Waals surface area contributed by atoms with Crippen molar-refractivity contribution < 1.29 is 4.92 Å². The predicted octanol–water partition coefficient (Wildman–Crippen LogP) is 3.07. The largest absolute Gasteiger partial charge is 0.393 e. The van der Waals surface area contributed by atoms with Crippen LogP contribution in [0.15, 0.2) is 18.2 Å². The number of rotatable bonds is 5. The molecule has 0 aromatic heterocycles. The molecule has 16 heavy (non-hydrogen) atoms. The Kier molecular flexibility index (Phi) is 4.61. The molecule has 0 atom stereocenters. The highest BCUT2D eigenvalue weighted by Crippen LogP contribution is 2.28. The van der Waals surface area contributed by atoms with Gasteiger partial charge >= 0.3 is 0 Å². The number of nitro benzene ring substituents is 1. The molecule has 1 rings (SSSR count). The minimum Gasteiger partial charge on any atom is -0.393 e. The van der Waals surface area contributed by atoms with Crippen molar-refractivity contribution in [2.45, 2.75) is 19.6 Å². The molecule has 1 aromatic carbocycles. The fraction of sp³-hybridized carbons (Fsp3) is 0.455. The lowest BCUT2D eigenvalue weighted by Crippen LogP contribution is -2.00. The average molecular weight is 240 g/mol. The molecule has 0 spiro atoms. The molecule has 0 aliphatic carbocycles. The highest BCUT2D eigenvalue weighted by atomic mass is 32.2. The summed E-state index contributed by atoms with van der Waals surface area (Å²) in [5.41, 5.74) is 6.89. The van der Waals surface area contributed by atoms with Crippen LogP contribution in [0.5, 0.6) is 0 Å². The fourth-order valence-corrected chi connectivity index (χ4v) is 2.35. The summed E-state index contributed by atoms with van der Waals surface area (Å²) < 4.78 is 0. The second-order valence-corrected chi connectivity index (χ2v) is 5.05. The van der Waals surface area contributed by atoms with Gasteiger partial charge in [0.1, 0.15) is 5.69 Å². The van der Waals surface area contributed by atoms with Crippen LogP contribution >= 0.6 is 11.8 Å². The molecule has 5 heteroatoms.